The number of hydrogen-bond donors (Lipinski definition) is 0. The van der Waals surface area contributed by atoms with Gasteiger partial charge >= 0.3 is 5.97 Å². The summed E-state index contributed by atoms with van der Waals surface area (Å²) in [6.45, 7) is 5.12. The van der Waals surface area contributed by atoms with Crippen LogP contribution < -0.4 is 4.74 Å². The fourth-order valence-corrected chi connectivity index (χ4v) is 6.49. The summed E-state index contributed by atoms with van der Waals surface area (Å²) in [5.41, 5.74) is 4.17. The summed E-state index contributed by atoms with van der Waals surface area (Å²) in [7, 11) is 1.35. The minimum Gasteiger partial charge on any atom is -0.473 e. The Bertz CT molecular complexity index is 1880. The molecule has 47 heavy (non-hydrogen) atoms. The van der Waals surface area contributed by atoms with E-state index in [2.05, 4.69) is 26.5 Å². The molecule has 5 aromatic rings. The van der Waals surface area contributed by atoms with Crippen LogP contribution in [-0.4, -0.2) is 79.5 Å². The first-order chi connectivity index (χ1) is 22.9. The van der Waals surface area contributed by atoms with Crippen LogP contribution in [0.4, 0.5) is 8.78 Å². The van der Waals surface area contributed by atoms with Crippen molar-refractivity contribution in [2.45, 2.75) is 70.4 Å². The van der Waals surface area contributed by atoms with E-state index in [4.69, 9.17) is 24.2 Å². The van der Waals surface area contributed by atoms with Crippen LogP contribution in [0, 0.1) is 0 Å². The van der Waals surface area contributed by atoms with E-state index in [0.717, 1.165) is 66.9 Å². The Morgan fingerprint density at radius 2 is 1.89 bits per heavy atom. The highest BCUT2D eigenvalue weighted by atomic mass is 19.3. The number of carbonyl (C=O) groups excluding carboxylic acids is 1. The summed E-state index contributed by atoms with van der Waals surface area (Å²) in [6, 6.07) is 15.0. The molecule has 0 aliphatic carbocycles. The average molecular weight is 646 g/mol. The monoisotopic (exact) mass is 645 g/mol. The SMILES string of the molecule is COC(=O)c1ccc2nc([C@H](C)N3CCC(c4cccc(OCc5ccc6cnn(CC(F)F)c6c5)n4)CC3)n(C[C@@H]3CCO3)c2n1. The zero-order chi connectivity index (χ0) is 32.5. The minimum atomic E-state index is -2.48. The number of hydrogen-bond acceptors (Lipinski definition) is 9. The number of nitrogens with zero attached hydrogens (tertiary/aromatic N) is 7. The molecule has 0 bridgehead atoms. The zero-order valence-corrected chi connectivity index (χ0v) is 26.4. The molecule has 11 nitrogen and oxygen atoms in total. The third-order valence-electron chi connectivity index (χ3n) is 9.22. The Labute approximate surface area is 270 Å². The van der Waals surface area contributed by atoms with E-state index < -0.39 is 18.9 Å². The van der Waals surface area contributed by atoms with Crippen molar-refractivity contribution in [3.8, 4) is 5.88 Å². The van der Waals surface area contributed by atoms with E-state index >= 15 is 0 Å². The fraction of sp³-hybridized carbons (Fsp3) is 0.441. The first kappa shape index (κ1) is 31.1. The van der Waals surface area contributed by atoms with E-state index in [1.807, 2.05) is 42.5 Å². The number of aromatic nitrogens is 6. The van der Waals surface area contributed by atoms with Gasteiger partial charge in [0.25, 0.3) is 6.43 Å². The number of likely N-dealkylation sites (tertiary alicyclic amines) is 1. The number of fused-ring (bicyclic) bond motifs is 2. The highest BCUT2D eigenvalue weighted by molar-refractivity contribution is 5.89. The maximum absolute atomic E-state index is 13.0. The molecule has 2 saturated heterocycles. The number of imidazole rings is 1. The molecule has 6 heterocycles. The lowest BCUT2D eigenvalue weighted by atomic mass is 9.92. The predicted octanol–water partition coefficient (Wildman–Crippen LogP) is 5.54. The van der Waals surface area contributed by atoms with Gasteiger partial charge in [-0.3, -0.25) is 9.58 Å². The van der Waals surface area contributed by atoms with Gasteiger partial charge in [-0.25, -0.2) is 28.5 Å². The molecule has 4 aromatic heterocycles. The molecule has 2 atom stereocenters. The van der Waals surface area contributed by atoms with Gasteiger partial charge in [-0.2, -0.15) is 5.10 Å². The van der Waals surface area contributed by atoms with Crippen molar-refractivity contribution in [1.29, 1.82) is 0 Å². The molecule has 0 saturated carbocycles. The predicted molar refractivity (Wildman–Crippen MR) is 169 cm³/mol. The number of halogens is 2. The largest absolute Gasteiger partial charge is 0.473 e. The van der Waals surface area contributed by atoms with Crippen molar-refractivity contribution in [1.82, 2.24) is 34.2 Å². The maximum atomic E-state index is 13.0. The molecule has 2 aliphatic rings. The standard InChI is InChI=1S/C34H37F2N7O4/c1-21(32-39-27-8-9-28(34(44)45-2)40-33(27)42(32)18-25-12-15-46-25)41-13-10-23(11-14-41)26-4-3-5-31(38-26)47-20-22-6-7-24-17-37-43(19-30(35)36)29(24)16-22/h3-9,16-17,21,23,25,30H,10-15,18-20H2,1-2H3/t21-,25-/m0/s1. The number of carbonyl (C=O) groups is 1. The third-order valence-corrected chi connectivity index (χ3v) is 9.22. The summed E-state index contributed by atoms with van der Waals surface area (Å²) in [5, 5.41) is 4.90. The van der Waals surface area contributed by atoms with Crippen LogP contribution in [0.3, 0.4) is 0 Å². The molecule has 0 N–H and O–H groups in total. The summed E-state index contributed by atoms with van der Waals surface area (Å²) < 4.78 is 46.1. The number of ether oxygens (including phenoxy) is 3. The van der Waals surface area contributed by atoms with Crippen LogP contribution in [0.5, 0.6) is 5.88 Å². The second kappa shape index (κ2) is 13.3. The van der Waals surface area contributed by atoms with E-state index in [9.17, 15) is 13.6 Å². The second-order valence-electron chi connectivity index (χ2n) is 12.2. The summed E-state index contributed by atoms with van der Waals surface area (Å²) in [4.78, 5) is 29.1. The number of piperidine rings is 1. The molecular weight excluding hydrogens is 608 g/mol. The smallest absolute Gasteiger partial charge is 0.356 e. The van der Waals surface area contributed by atoms with Gasteiger partial charge in [0.15, 0.2) is 11.3 Å². The van der Waals surface area contributed by atoms with Crippen molar-refractivity contribution in [3.63, 3.8) is 0 Å². The van der Waals surface area contributed by atoms with Crippen molar-refractivity contribution in [2.75, 3.05) is 26.8 Å². The van der Waals surface area contributed by atoms with E-state index in [1.165, 1.54) is 11.8 Å². The number of methoxy groups -OCH3 is 1. The molecule has 0 amide bonds. The molecule has 2 aliphatic heterocycles. The fourth-order valence-electron chi connectivity index (χ4n) is 6.49. The molecule has 0 unspecified atom stereocenters. The number of rotatable bonds is 11. The number of benzene rings is 1. The van der Waals surface area contributed by atoms with Gasteiger partial charge in [0, 0.05) is 29.7 Å². The Morgan fingerprint density at radius 3 is 2.64 bits per heavy atom. The van der Waals surface area contributed by atoms with Crippen molar-refractivity contribution < 1.29 is 27.8 Å². The van der Waals surface area contributed by atoms with Gasteiger partial charge in [0.05, 0.1) is 37.5 Å². The van der Waals surface area contributed by atoms with Gasteiger partial charge in [-0.15, -0.1) is 0 Å². The number of pyridine rings is 2. The van der Waals surface area contributed by atoms with Crippen LogP contribution in [0.25, 0.3) is 22.1 Å². The van der Waals surface area contributed by atoms with Crippen molar-refractivity contribution >= 4 is 28.0 Å². The quantitative estimate of drug-likeness (QED) is 0.171. The number of esters is 1. The van der Waals surface area contributed by atoms with Gasteiger partial charge in [0.2, 0.25) is 5.88 Å². The van der Waals surface area contributed by atoms with E-state index in [0.29, 0.717) is 23.6 Å². The van der Waals surface area contributed by atoms with Crippen LogP contribution in [0.15, 0.2) is 54.7 Å². The molecule has 13 heteroatoms. The normalized spacial score (nSPS) is 18.1. The molecule has 7 rings (SSSR count). The minimum absolute atomic E-state index is 0.0313. The first-order valence-electron chi connectivity index (χ1n) is 16.0. The topological polar surface area (TPSA) is 109 Å². The number of alkyl halides is 2. The molecule has 246 valence electrons. The molecule has 0 spiro atoms. The highest BCUT2D eigenvalue weighted by Gasteiger charge is 2.30. The van der Waals surface area contributed by atoms with Gasteiger partial charge in [-0.1, -0.05) is 18.2 Å². The Morgan fingerprint density at radius 1 is 1.06 bits per heavy atom. The van der Waals surface area contributed by atoms with Crippen LogP contribution in [0.2, 0.25) is 0 Å². The third kappa shape index (κ3) is 6.54. The first-order valence-corrected chi connectivity index (χ1v) is 16.0. The second-order valence-corrected chi connectivity index (χ2v) is 12.2. The van der Waals surface area contributed by atoms with E-state index in [1.54, 1.807) is 12.3 Å². The Kier molecular flexibility index (Phi) is 8.82. The van der Waals surface area contributed by atoms with Crippen LogP contribution >= 0.6 is 0 Å². The summed E-state index contributed by atoms with van der Waals surface area (Å²) >= 11 is 0. The van der Waals surface area contributed by atoms with Crippen LogP contribution in [-0.2, 0) is 29.2 Å². The molecule has 0 radical (unpaired) electrons. The lowest BCUT2D eigenvalue weighted by Gasteiger charge is -2.36. The lowest BCUT2D eigenvalue weighted by molar-refractivity contribution is -0.0595. The van der Waals surface area contributed by atoms with Gasteiger partial charge in [0.1, 0.15) is 24.5 Å². The summed E-state index contributed by atoms with van der Waals surface area (Å²) in [5.74, 6) is 1.25. The van der Waals surface area contributed by atoms with Crippen LogP contribution in [0.1, 0.15) is 65.7 Å². The lowest BCUT2D eigenvalue weighted by Crippen LogP contribution is -2.37. The van der Waals surface area contributed by atoms with Gasteiger partial charge in [-0.05, 0) is 69.1 Å². The zero-order valence-electron chi connectivity index (χ0n) is 26.4. The molecule has 2 fully saturated rings. The van der Waals surface area contributed by atoms with Gasteiger partial charge < -0.3 is 18.8 Å². The Hall–Kier alpha value is -4.49. The highest BCUT2D eigenvalue weighted by Crippen LogP contribution is 2.33. The maximum Gasteiger partial charge on any atom is 0.356 e. The average Bonchev–Trinajstić information content (AvgIpc) is 3.64. The Balaban J connectivity index is 1.01. The summed E-state index contributed by atoms with van der Waals surface area (Å²) in [6.07, 6.45) is 2.07. The molecular formula is C34H37F2N7O4. The van der Waals surface area contributed by atoms with Crippen molar-refractivity contribution in [2.24, 2.45) is 0 Å². The van der Waals surface area contributed by atoms with Crippen molar-refractivity contribution in [3.05, 3.63) is 77.5 Å². The van der Waals surface area contributed by atoms with E-state index in [-0.39, 0.29) is 30.4 Å². The molecule has 1 aromatic carbocycles.